The summed E-state index contributed by atoms with van der Waals surface area (Å²) >= 11 is 7.38. The number of ether oxygens (including phenoxy) is 1. The zero-order valence-corrected chi connectivity index (χ0v) is 12.4. The Bertz CT molecular complexity index is 581. The topological polar surface area (TPSA) is 22.1 Å². The number of halogens is 1. The molecule has 1 unspecified atom stereocenters. The molecule has 100 valence electrons. The molecule has 0 radical (unpaired) electrons. The Kier molecular flexibility index (Phi) is 3.76. The van der Waals surface area contributed by atoms with Crippen LogP contribution in [-0.4, -0.2) is 4.98 Å². The first kappa shape index (κ1) is 12.9. The van der Waals surface area contributed by atoms with E-state index in [1.165, 1.54) is 30.4 Å². The summed E-state index contributed by atoms with van der Waals surface area (Å²) in [5, 5.41) is 2.97. The standard InChI is InChI=1S/C15H16ClNOS/c1-10(15-17-13(8-16)9-19-15)18-14-6-5-11-3-2-4-12(11)7-14/h5-7,9-10H,2-4,8H2,1H3. The number of nitrogens with zero attached hydrogens (tertiary/aromatic N) is 1. The van der Waals surface area contributed by atoms with Crippen molar-refractivity contribution in [2.45, 2.75) is 38.2 Å². The smallest absolute Gasteiger partial charge is 0.147 e. The minimum Gasteiger partial charge on any atom is -0.484 e. The quantitative estimate of drug-likeness (QED) is 0.774. The summed E-state index contributed by atoms with van der Waals surface area (Å²) in [4.78, 5) is 4.46. The first-order valence-corrected chi connectivity index (χ1v) is 7.96. The van der Waals surface area contributed by atoms with Crippen molar-refractivity contribution >= 4 is 22.9 Å². The van der Waals surface area contributed by atoms with Gasteiger partial charge in [0.2, 0.25) is 0 Å². The molecule has 2 aromatic rings. The van der Waals surface area contributed by atoms with Crippen molar-refractivity contribution in [3.8, 4) is 5.75 Å². The Balaban J connectivity index is 1.73. The molecule has 4 heteroatoms. The molecule has 1 heterocycles. The number of hydrogen-bond donors (Lipinski definition) is 0. The van der Waals surface area contributed by atoms with Crippen LogP contribution in [0.25, 0.3) is 0 Å². The van der Waals surface area contributed by atoms with E-state index in [1.54, 1.807) is 11.3 Å². The van der Waals surface area contributed by atoms with Crippen molar-refractivity contribution in [3.05, 3.63) is 45.4 Å². The number of benzene rings is 1. The molecule has 1 aliphatic carbocycles. The van der Waals surface area contributed by atoms with Crippen LogP contribution in [0.2, 0.25) is 0 Å². The van der Waals surface area contributed by atoms with Crippen LogP contribution in [0.3, 0.4) is 0 Å². The van der Waals surface area contributed by atoms with Gasteiger partial charge < -0.3 is 4.74 Å². The lowest BCUT2D eigenvalue weighted by molar-refractivity contribution is 0.226. The minimum absolute atomic E-state index is 0.0265. The molecule has 0 aliphatic heterocycles. The molecule has 0 saturated carbocycles. The lowest BCUT2D eigenvalue weighted by Gasteiger charge is -2.13. The SMILES string of the molecule is CC(Oc1ccc2c(c1)CCC2)c1nc(CCl)cs1. The molecule has 19 heavy (non-hydrogen) atoms. The number of thiazole rings is 1. The van der Waals surface area contributed by atoms with Gasteiger partial charge in [0.25, 0.3) is 0 Å². The molecule has 0 spiro atoms. The number of alkyl halides is 1. The Hall–Kier alpha value is -1.06. The summed E-state index contributed by atoms with van der Waals surface area (Å²) in [6.07, 6.45) is 3.62. The summed E-state index contributed by atoms with van der Waals surface area (Å²) in [6, 6.07) is 6.43. The fraction of sp³-hybridized carbons (Fsp3) is 0.400. The molecule has 0 fully saturated rings. The molecule has 2 nitrogen and oxygen atoms in total. The molecular weight excluding hydrogens is 278 g/mol. The van der Waals surface area contributed by atoms with Gasteiger partial charge in [-0.2, -0.15) is 0 Å². The van der Waals surface area contributed by atoms with Crippen LogP contribution < -0.4 is 4.74 Å². The van der Waals surface area contributed by atoms with Gasteiger partial charge in [0.05, 0.1) is 11.6 Å². The zero-order chi connectivity index (χ0) is 13.2. The molecule has 1 atom stereocenters. The van der Waals surface area contributed by atoms with Crippen LogP contribution in [-0.2, 0) is 18.7 Å². The highest BCUT2D eigenvalue weighted by Crippen LogP contribution is 2.29. The van der Waals surface area contributed by atoms with Gasteiger partial charge in [-0.25, -0.2) is 4.98 Å². The number of aromatic nitrogens is 1. The summed E-state index contributed by atoms with van der Waals surface area (Å²) in [6.45, 7) is 2.03. The predicted octanol–water partition coefficient (Wildman–Crippen LogP) is 4.51. The van der Waals surface area contributed by atoms with E-state index < -0.39 is 0 Å². The van der Waals surface area contributed by atoms with E-state index in [0.29, 0.717) is 5.88 Å². The van der Waals surface area contributed by atoms with Crippen LogP contribution in [0.4, 0.5) is 0 Å². The number of aryl methyl sites for hydroxylation is 2. The van der Waals surface area contributed by atoms with Crippen molar-refractivity contribution in [2.24, 2.45) is 0 Å². The summed E-state index contributed by atoms with van der Waals surface area (Å²) in [5.74, 6) is 1.40. The first-order chi connectivity index (χ1) is 9.26. The molecule has 1 aliphatic rings. The van der Waals surface area contributed by atoms with Gasteiger partial charge in [-0.3, -0.25) is 0 Å². The van der Waals surface area contributed by atoms with E-state index in [9.17, 15) is 0 Å². The third-order valence-corrected chi connectivity index (χ3v) is 4.77. The van der Waals surface area contributed by atoms with Gasteiger partial charge in [-0.05, 0) is 49.4 Å². The van der Waals surface area contributed by atoms with E-state index in [4.69, 9.17) is 16.3 Å². The summed E-state index contributed by atoms with van der Waals surface area (Å²) in [7, 11) is 0. The number of fused-ring (bicyclic) bond motifs is 1. The van der Waals surface area contributed by atoms with Gasteiger partial charge in [-0.1, -0.05) is 6.07 Å². The molecule has 0 amide bonds. The number of hydrogen-bond acceptors (Lipinski definition) is 3. The Labute approximate surface area is 122 Å². The maximum atomic E-state index is 5.99. The van der Waals surface area contributed by atoms with Gasteiger partial charge in [-0.15, -0.1) is 22.9 Å². The predicted molar refractivity (Wildman–Crippen MR) is 79.2 cm³/mol. The fourth-order valence-corrected chi connectivity index (χ4v) is 3.48. The molecule has 1 aromatic heterocycles. The largest absolute Gasteiger partial charge is 0.484 e. The average molecular weight is 294 g/mol. The lowest BCUT2D eigenvalue weighted by atomic mass is 10.1. The van der Waals surface area contributed by atoms with Crippen molar-refractivity contribution in [3.63, 3.8) is 0 Å². The summed E-state index contributed by atoms with van der Waals surface area (Å²) in [5.41, 5.74) is 3.83. The zero-order valence-electron chi connectivity index (χ0n) is 10.9. The fourth-order valence-electron chi connectivity index (χ4n) is 2.45. The summed E-state index contributed by atoms with van der Waals surface area (Å²) < 4.78 is 5.99. The van der Waals surface area contributed by atoms with Gasteiger partial charge in [0, 0.05) is 5.38 Å². The number of rotatable bonds is 4. The molecule has 0 bridgehead atoms. The molecule has 1 aromatic carbocycles. The van der Waals surface area contributed by atoms with Crippen LogP contribution in [0.1, 0.15) is 41.3 Å². The second kappa shape index (κ2) is 5.51. The van der Waals surface area contributed by atoms with Crippen LogP contribution >= 0.6 is 22.9 Å². The highest BCUT2D eigenvalue weighted by Gasteiger charge is 2.15. The Morgan fingerprint density at radius 2 is 2.21 bits per heavy atom. The van der Waals surface area contributed by atoms with Gasteiger partial charge in [0.15, 0.2) is 0 Å². The first-order valence-electron chi connectivity index (χ1n) is 6.55. The average Bonchev–Trinajstić information content (AvgIpc) is 3.06. The maximum Gasteiger partial charge on any atom is 0.147 e. The minimum atomic E-state index is -0.0265. The van der Waals surface area contributed by atoms with Crippen LogP contribution in [0, 0.1) is 0 Å². The Morgan fingerprint density at radius 3 is 3.00 bits per heavy atom. The third-order valence-electron chi connectivity index (χ3n) is 3.44. The molecule has 3 rings (SSSR count). The molecule has 0 N–H and O–H groups in total. The van der Waals surface area contributed by atoms with E-state index in [2.05, 4.69) is 23.2 Å². The maximum absolute atomic E-state index is 5.99. The van der Waals surface area contributed by atoms with Crippen molar-refractivity contribution < 1.29 is 4.74 Å². The lowest BCUT2D eigenvalue weighted by Crippen LogP contribution is -2.03. The highest BCUT2D eigenvalue weighted by molar-refractivity contribution is 7.09. The normalized spacial score (nSPS) is 15.3. The molecule has 0 saturated heterocycles. The van der Waals surface area contributed by atoms with Crippen molar-refractivity contribution in [1.29, 1.82) is 0 Å². The van der Waals surface area contributed by atoms with E-state index in [0.717, 1.165) is 16.5 Å². The van der Waals surface area contributed by atoms with Crippen LogP contribution in [0.15, 0.2) is 23.6 Å². The van der Waals surface area contributed by atoms with E-state index >= 15 is 0 Å². The molecular formula is C15H16ClNOS. The van der Waals surface area contributed by atoms with E-state index in [-0.39, 0.29) is 6.10 Å². The Morgan fingerprint density at radius 1 is 1.37 bits per heavy atom. The monoisotopic (exact) mass is 293 g/mol. The van der Waals surface area contributed by atoms with Crippen molar-refractivity contribution in [2.75, 3.05) is 0 Å². The van der Waals surface area contributed by atoms with Gasteiger partial charge >= 0.3 is 0 Å². The van der Waals surface area contributed by atoms with Gasteiger partial charge in [0.1, 0.15) is 16.9 Å². The highest BCUT2D eigenvalue weighted by atomic mass is 35.5. The second-order valence-electron chi connectivity index (χ2n) is 4.85. The third kappa shape index (κ3) is 2.77. The van der Waals surface area contributed by atoms with Crippen LogP contribution in [0.5, 0.6) is 5.75 Å². The second-order valence-corrected chi connectivity index (χ2v) is 6.01. The van der Waals surface area contributed by atoms with Crippen molar-refractivity contribution in [1.82, 2.24) is 4.98 Å². The van der Waals surface area contributed by atoms with E-state index in [1.807, 2.05) is 12.3 Å².